The number of hydrogen-bond acceptors (Lipinski definition) is 6. The van der Waals surface area contributed by atoms with Crippen LogP contribution in [0.25, 0.3) is 11.5 Å². The largest absolute Gasteiger partial charge is 0.486 e. The van der Waals surface area contributed by atoms with Gasteiger partial charge in [-0.3, -0.25) is 4.79 Å². The van der Waals surface area contributed by atoms with Crippen molar-refractivity contribution >= 4 is 11.6 Å². The second-order valence-electron chi connectivity index (χ2n) is 5.89. The first kappa shape index (κ1) is 17.0. The van der Waals surface area contributed by atoms with Gasteiger partial charge in [0, 0.05) is 24.6 Å². The summed E-state index contributed by atoms with van der Waals surface area (Å²) in [6.45, 7) is 0.990. The molecule has 1 amide bonds. The predicted octanol–water partition coefficient (Wildman–Crippen LogP) is 3.22. The van der Waals surface area contributed by atoms with E-state index < -0.39 is 5.82 Å². The third kappa shape index (κ3) is 3.89. The second-order valence-corrected chi connectivity index (χ2v) is 5.89. The van der Waals surface area contributed by atoms with Crippen molar-refractivity contribution in [2.24, 2.45) is 0 Å². The molecule has 2 heterocycles. The number of carbonyl (C=O) groups excluding carboxylic acids is 1. The van der Waals surface area contributed by atoms with Gasteiger partial charge < -0.3 is 19.2 Å². The van der Waals surface area contributed by atoms with E-state index in [9.17, 15) is 9.18 Å². The van der Waals surface area contributed by atoms with Crippen molar-refractivity contribution < 1.29 is 23.1 Å². The van der Waals surface area contributed by atoms with Gasteiger partial charge in [0.1, 0.15) is 19.0 Å². The Kier molecular flexibility index (Phi) is 4.69. The monoisotopic (exact) mass is 369 g/mol. The van der Waals surface area contributed by atoms with Gasteiger partial charge in [0.05, 0.1) is 5.56 Å². The van der Waals surface area contributed by atoms with Crippen LogP contribution in [0, 0.1) is 5.82 Å². The zero-order chi connectivity index (χ0) is 18.6. The molecule has 1 aliphatic rings. The molecule has 0 aliphatic carbocycles. The van der Waals surface area contributed by atoms with Crippen molar-refractivity contribution in [1.82, 2.24) is 10.2 Å². The van der Waals surface area contributed by atoms with Crippen LogP contribution in [-0.4, -0.2) is 29.3 Å². The molecule has 1 N–H and O–H groups in total. The molecule has 27 heavy (non-hydrogen) atoms. The number of aromatic nitrogens is 2. The summed E-state index contributed by atoms with van der Waals surface area (Å²) in [5.41, 5.74) is 0.846. The number of halogens is 1. The highest BCUT2D eigenvalue weighted by Crippen LogP contribution is 2.32. The SMILES string of the molecule is O=C(CCc1nnc(-c2ccccc2F)o1)Nc1ccc2c(c1)OCCO2. The van der Waals surface area contributed by atoms with E-state index in [2.05, 4.69) is 15.5 Å². The average molecular weight is 369 g/mol. The minimum absolute atomic E-state index is 0.0929. The quantitative estimate of drug-likeness (QED) is 0.743. The molecule has 1 aliphatic heterocycles. The number of benzene rings is 2. The molecule has 1 aromatic heterocycles. The van der Waals surface area contributed by atoms with Gasteiger partial charge in [-0.25, -0.2) is 4.39 Å². The fourth-order valence-corrected chi connectivity index (χ4v) is 2.66. The van der Waals surface area contributed by atoms with Crippen LogP contribution in [0.5, 0.6) is 11.5 Å². The van der Waals surface area contributed by atoms with Gasteiger partial charge in [-0.2, -0.15) is 0 Å². The van der Waals surface area contributed by atoms with E-state index in [4.69, 9.17) is 13.9 Å². The van der Waals surface area contributed by atoms with E-state index in [0.29, 0.717) is 30.4 Å². The topological polar surface area (TPSA) is 86.5 Å². The Hall–Kier alpha value is -3.42. The molecule has 0 bridgehead atoms. The van der Waals surface area contributed by atoms with Crippen LogP contribution in [0.1, 0.15) is 12.3 Å². The summed E-state index contributed by atoms with van der Waals surface area (Å²) in [6.07, 6.45) is 0.394. The summed E-state index contributed by atoms with van der Waals surface area (Å²) in [5.74, 6) is 0.971. The third-order valence-electron chi connectivity index (χ3n) is 3.96. The summed E-state index contributed by atoms with van der Waals surface area (Å²) in [6, 6.07) is 11.4. The smallest absolute Gasteiger partial charge is 0.250 e. The Morgan fingerprint density at radius 1 is 1.07 bits per heavy atom. The van der Waals surface area contributed by atoms with Gasteiger partial charge in [0.15, 0.2) is 11.5 Å². The number of nitrogens with zero attached hydrogens (tertiary/aromatic N) is 2. The molecule has 0 saturated carbocycles. The van der Waals surface area contributed by atoms with Gasteiger partial charge in [0.2, 0.25) is 11.8 Å². The van der Waals surface area contributed by atoms with Gasteiger partial charge in [-0.05, 0) is 24.3 Å². The number of carbonyl (C=O) groups is 1. The zero-order valence-electron chi connectivity index (χ0n) is 14.3. The molecule has 0 unspecified atom stereocenters. The Morgan fingerprint density at radius 2 is 1.89 bits per heavy atom. The van der Waals surface area contributed by atoms with Crippen molar-refractivity contribution in [3.8, 4) is 23.0 Å². The number of fused-ring (bicyclic) bond motifs is 1. The molecule has 0 spiro atoms. The number of amides is 1. The van der Waals surface area contributed by atoms with Crippen LogP contribution in [0.4, 0.5) is 10.1 Å². The summed E-state index contributed by atoms with van der Waals surface area (Å²) in [4.78, 5) is 12.2. The number of aryl methyl sites for hydroxylation is 1. The van der Waals surface area contributed by atoms with Crippen LogP contribution in [0.2, 0.25) is 0 Å². The van der Waals surface area contributed by atoms with Crippen LogP contribution in [-0.2, 0) is 11.2 Å². The van der Waals surface area contributed by atoms with Crippen molar-refractivity contribution in [2.75, 3.05) is 18.5 Å². The lowest BCUT2D eigenvalue weighted by Crippen LogP contribution is -2.16. The molecule has 0 fully saturated rings. The predicted molar refractivity (Wildman–Crippen MR) is 94.1 cm³/mol. The summed E-state index contributed by atoms with van der Waals surface area (Å²) >= 11 is 0. The van der Waals surface area contributed by atoms with E-state index >= 15 is 0 Å². The van der Waals surface area contributed by atoms with Crippen LogP contribution >= 0.6 is 0 Å². The molecule has 8 heteroatoms. The average Bonchev–Trinajstić information content (AvgIpc) is 3.15. The molecular weight excluding hydrogens is 353 g/mol. The number of ether oxygens (including phenoxy) is 2. The molecule has 0 saturated heterocycles. The highest BCUT2D eigenvalue weighted by atomic mass is 19.1. The summed E-state index contributed by atoms with van der Waals surface area (Å²) in [5, 5.41) is 10.5. The Balaban J connectivity index is 1.35. The maximum absolute atomic E-state index is 13.7. The fraction of sp³-hybridized carbons (Fsp3) is 0.211. The van der Waals surface area contributed by atoms with Crippen molar-refractivity contribution in [3.05, 3.63) is 54.2 Å². The van der Waals surface area contributed by atoms with Gasteiger partial charge >= 0.3 is 0 Å². The van der Waals surface area contributed by atoms with E-state index in [-0.39, 0.29) is 36.1 Å². The van der Waals surface area contributed by atoms with Gasteiger partial charge in [0.25, 0.3) is 5.89 Å². The molecule has 7 nitrogen and oxygen atoms in total. The number of hydrogen-bond donors (Lipinski definition) is 1. The van der Waals surface area contributed by atoms with E-state index in [1.807, 2.05) is 0 Å². The first-order valence-electron chi connectivity index (χ1n) is 8.46. The second kappa shape index (κ2) is 7.45. The normalized spacial score (nSPS) is 12.6. The van der Waals surface area contributed by atoms with E-state index in [1.165, 1.54) is 6.07 Å². The number of nitrogens with one attached hydrogen (secondary N) is 1. The lowest BCUT2D eigenvalue weighted by Gasteiger charge is -2.18. The number of rotatable bonds is 5. The number of anilines is 1. The highest BCUT2D eigenvalue weighted by Gasteiger charge is 2.15. The third-order valence-corrected chi connectivity index (χ3v) is 3.96. The minimum Gasteiger partial charge on any atom is -0.486 e. The molecule has 2 aromatic carbocycles. The van der Waals surface area contributed by atoms with Crippen molar-refractivity contribution in [1.29, 1.82) is 0 Å². The molecule has 3 aromatic rings. The highest BCUT2D eigenvalue weighted by molar-refractivity contribution is 5.91. The lowest BCUT2D eigenvalue weighted by molar-refractivity contribution is -0.116. The Bertz CT molecular complexity index is 973. The van der Waals surface area contributed by atoms with Crippen molar-refractivity contribution in [3.63, 3.8) is 0 Å². The van der Waals surface area contributed by atoms with Gasteiger partial charge in [-0.1, -0.05) is 12.1 Å². The van der Waals surface area contributed by atoms with Crippen LogP contribution in [0.3, 0.4) is 0 Å². The van der Waals surface area contributed by atoms with E-state index in [1.54, 1.807) is 36.4 Å². The van der Waals surface area contributed by atoms with E-state index in [0.717, 1.165) is 0 Å². The first-order chi connectivity index (χ1) is 13.2. The first-order valence-corrected chi connectivity index (χ1v) is 8.46. The lowest BCUT2D eigenvalue weighted by atomic mass is 10.2. The summed E-state index contributed by atoms with van der Waals surface area (Å²) < 4.78 is 30.1. The maximum Gasteiger partial charge on any atom is 0.250 e. The van der Waals surface area contributed by atoms with Crippen LogP contribution in [0.15, 0.2) is 46.9 Å². The Labute approximate surface area is 154 Å². The fourth-order valence-electron chi connectivity index (χ4n) is 2.66. The van der Waals surface area contributed by atoms with Crippen LogP contribution < -0.4 is 14.8 Å². The molecule has 138 valence electrons. The minimum atomic E-state index is -0.441. The molecule has 0 atom stereocenters. The van der Waals surface area contributed by atoms with Gasteiger partial charge in [-0.15, -0.1) is 10.2 Å². The molecule has 4 rings (SSSR count). The maximum atomic E-state index is 13.7. The Morgan fingerprint density at radius 3 is 2.74 bits per heavy atom. The molecular formula is C19H16FN3O4. The molecule has 0 radical (unpaired) electrons. The van der Waals surface area contributed by atoms with Crippen molar-refractivity contribution in [2.45, 2.75) is 12.8 Å². The summed E-state index contributed by atoms with van der Waals surface area (Å²) in [7, 11) is 0. The zero-order valence-corrected chi connectivity index (χ0v) is 14.3. The standard InChI is InChI=1S/C19H16FN3O4/c20-14-4-2-1-3-13(14)19-23-22-18(27-19)8-7-17(24)21-12-5-6-15-16(11-12)26-10-9-25-15/h1-6,11H,7-10H2,(H,21,24).